The van der Waals surface area contributed by atoms with Crippen LogP contribution in [0.5, 0.6) is 0 Å². The maximum Gasteiger partial charge on any atom is 0.274 e. The van der Waals surface area contributed by atoms with Crippen molar-refractivity contribution in [2.45, 2.75) is 25.1 Å². The van der Waals surface area contributed by atoms with Gasteiger partial charge in [-0.05, 0) is 26.1 Å². The van der Waals surface area contributed by atoms with Crippen LogP contribution in [0.25, 0.3) is 0 Å². The van der Waals surface area contributed by atoms with E-state index in [1.807, 2.05) is 12.3 Å². The van der Waals surface area contributed by atoms with E-state index in [2.05, 4.69) is 15.0 Å². The fourth-order valence-corrected chi connectivity index (χ4v) is 3.06. The first-order chi connectivity index (χ1) is 9.01. The standard InChI is InChI=1S/C11H15N3O3S2/c1-8-14-9(7-18-8)5-13-19(15,16)11-4-3-10(17-11)6-12-2/h3-4,7,12-13H,5-6H2,1-2H3. The van der Waals surface area contributed by atoms with Crippen LogP contribution in [0.15, 0.2) is 27.0 Å². The molecule has 0 saturated carbocycles. The van der Waals surface area contributed by atoms with Crippen LogP contribution in [-0.4, -0.2) is 20.4 Å². The molecule has 8 heteroatoms. The predicted octanol–water partition coefficient (Wildman–Crippen LogP) is 1.24. The second-order valence-corrected chi connectivity index (χ2v) is 6.69. The number of sulfonamides is 1. The smallest absolute Gasteiger partial charge is 0.274 e. The Kier molecular flexibility index (Phi) is 4.35. The Morgan fingerprint density at radius 2 is 2.16 bits per heavy atom. The highest BCUT2D eigenvalue weighted by atomic mass is 32.2. The van der Waals surface area contributed by atoms with Gasteiger partial charge in [0.15, 0.2) is 0 Å². The molecule has 2 aromatic rings. The van der Waals surface area contributed by atoms with Crippen molar-refractivity contribution in [3.63, 3.8) is 0 Å². The molecule has 2 N–H and O–H groups in total. The minimum absolute atomic E-state index is 0.0790. The van der Waals surface area contributed by atoms with Gasteiger partial charge in [0.25, 0.3) is 10.0 Å². The quantitative estimate of drug-likeness (QED) is 0.838. The Bertz CT molecular complexity index is 646. The molecular weight excluding hydrogens is 286 g/mol. The first-order valence-electron chi connectivity index (χ1n) is 5.65. The van der Waals surface area contributed by atoms with Crippen molar-refractivity contribution in [2.24, 2.45) is 0 Å². The lowest BCUT2D eigenvalue weighted by Gasteiger charge is -2.02. The van der Waals surface area contributed by atoms with Gasteiger partial charge in [-0.3, -0.25) is 0 Å². The minimum Gasteiger partial charge on any atom is -0.447 e. The highest BCUT2D eigenvalue weighted by molar-refractivity contribution is 7.89. The van der Waals surface area contributed by atoms with Crippen LogP contribution < -0.4 is 10.0 Å². The molecule has 104 valence electrons. The largest absolute Gasteiger partial charge is 0.447 e. The third kappa shape index (κ3) is 3.63. The summed E-state index contributed by atoms with van der Waals surface area (Å²) in [6, 6.07) is 3.08. The average molecular weight is 301 g/mol. The summed E-state index contributed by atoms with van der Waals surface area (Å²) in [4.78, 5) is 4.19. The van der Waals surface area contributed by atoms with Crippen molar-refractivity contribution in [2.75, 3.05) is 7.05 Å². The third-order valence-corrected chi connectivity index (χ3v) is 4.46. The number of rotatable bonds is 6. The number of aryl methyl sites for hydroxylation is 1. The maximum atomic E-state index is 12.0. The molecule has 6 nitrogen and oxygen atoms in total. The Morgan fingerprint density at radius 1 is 1.37 bits per heavy atom. The Morgan fingerprint density at radius 3 is 2.79 bits per heavy atom. The van der Waals surface area contributed by atoms with E-state index in [-0.39, 0.29) is 11.6 Å². The highest BCUT2D eigenvalue weighted by Gasteiger charge is 2.18. The number of aromatic nitrogens is 1. The first kappa shape index (κ1) is 14.2. The zero-order chi connectivity index (χ0) is 13.9. The molecule has 19 heavy (non-hydrogen) atoms. The molecule has 0 aliphatic rings. The van der Waals surface area contributed by atoms with Crippen molar-refractivity contribution in [3.8, 4) is 0 Å². The molecule has 2 rings (SSSR count). The monoisotopic (exact) mass is 301 g/mol. The Balaban J connectivity index is 2.04. The average Bonchev–Trinajstić information content (AvgIpc) is 2.97. The molecule has 2 aromatic heterocycles. The van der Waals surface area contributed by atoms with Crippen LogP contribution in [0.3, 0.4) is 0 Å². The molecule has 0 fully saturated rings. The Labute approximate surface area is 115 Å². The summed E-state index contributed by atoms with van der Waals surface area (Å²) >= 11 is 1.48. The zero-order valence-corrected chi connectivity index (χ0v) is 12.3. The molecule has 0 atom stereocenters. The van der Waals surface area contributed by atoms with Crippen LogP contribution in [-0.2, 0) is 23.1 Å². The third-order valence-electron chi connectivity index (χ3n) is 2.36. The van der Waals surface area contributed by atoms with Crippen molar-refractivity contribution in [1.82, 2.24) is 15.0 Å². The maximum absolute atomic E-state index is 12.0. The topological polar surface area (TPSA) is 84.2 Å². The van der Waals surface area contributed by atoms with Crippen LogP contribution in [0.1, 0.15) is 16.5 Å². The van der Waals surface area contributed by atoms with E-state index >= 15 is 0 Å². The number of nitrogens with one attached hydrogen (secondary N) is 2. The number of hydrogen-bond donors (Lipinski definition) is 2. The molecule has 0 aliphatic heterocycles. The SMILES string of the molecule is CNCc1ccc(S(=O)(=O)NCc2csc(C)n2)o1. The first-order valence-corrected chi connectivity index (χ1v) is 8.01. The number of hydrogen-bond acceptors (Lipinski definition) is 6. The summed E-state index contributed by atoms with van der Waals surface area (Å²) in [5, 5.41) is 5.54. The molecule has 0 unspecified atom stereocenters. The van der Waals surface area contributed by atoms with Crippen molar-refractivity contribution in [3.05, 3.63) is 34.0 Å². The van der Waals surface area contributed by atoms with E-state index in [0.29, 0.717) is 18.0 Å². The number of nitrogens with zero attached hydrogens (tertiary/aromatic N) is 1. The fourth-order valence-electron chi connectivity index (χ4n) is 1.50. The van der Waals surface area contributed by atoms with Crippen LogP contribution in [0.4, 0.5) is 0 Å². The van der Waals surface area contributed by atoms with E-state index < -0.39 is 10.0 Å². The van der Waals surface area contributed by atoms with Gasteiger partial charge in [-0.15, -0.1) is 11.3 Å². The Hall–Kier alpha value is -1.22. The number of thiazole rings is 1. The second kappa shape index (κ2) is 5.83. The summed E-state index contributed by atoms with van der Waals surface area (Å²) in [5.41, 5.74) is 0.702. The number of furan rings is 1. The van der Waals surface area contributed by atoms with Crippen molar-refractivity contribution >= 4 is 21.4 Å². The minimum atomic E-state index is -3.63. The van der Waals surface area contributed by atoms with Crippen LogP contribution in [0.2, 0.25) is 0 Å². The normalized spacial score (nSPS) is 11.9. The summed E-state index contributed by atoms with van der Waals surface area (Å²) < 4.78 is 31.7. The van der Waals surface area contributed by atoms with Crippen molar-refractivity contribution in [1.29, 1.82) is 0 Å². The summed E-state index contributed by atoms with van der Waals surface area (Å²) in [7, 11) is -1.86. The summed E-state index contributed by atoms with van der Waals surface area (Å²) in [6.45, 7) is 2.52. The van der Waals surface area contributed by atoms with Crippen LogP contribution in [0, 0.1) is 6.92 Å². The summed E-state index contributed by atoms with van der Waals surface area (Å²) in [5.74, 6) is 0.576. The fraction of sp³-hybridized carbons (Fsp3) is 0.364. The molecule has 0 spiro atoms. The van der Waals surface area contributed by atoms with Gasteiger partial charge >= 0.3 is 0 Å². The highest BCUT2D eigenvalue weighted by Crippen LogP contribution is 2.14. The van der Waals surface area contributed by atoms with E-state index in [9.17, 15) is 8.42 Å². The van der Waals surface area contributed by atoms with Gasteiger partial charge in [-0.2, -0.15) is 0 Å². The summed E-state index contributed by atoms with van der Waals surface area (Å²) in [6.07, 6.45) is 0. The van der Waals surface area contributed by atoms with E-state index in [1.165, 1.54) is 17.4 Å². The molecule has 0 saturated heterocycles. The van der Waals surface area contributed by atoms with Crippen LogP contribution >= 0.6 is 11.3 Å². The van der Waals surface area contributed by atoms with E-state index in [0.717, 1.165) is 5.01 Å². The van der Waals surface area contributed by atoms with Gasteiger partial charge < -0.3 is 9.73 Å². The molecule has 2 heterocycles. The molecule has 0 amide bonds. The van der Waals surface area contributed by atoms with E-state index in [4.69, 9.17) is 4.42 Å². The molecule has 0 radical (unpaired) electrons. The molecular formula is C11H15N3O3S2. The predicted molar refractivity (Wildman–Crippen MR) is 72.3 cm³/mol. The molecule has 0 aliphatic carbocycles. The van der Waals surface area contributed by atoms with Gasteiger partial charge in [-0.25, -0.2) is 18.1 Å². The zero-order valence-electron chi connectivity index (χ0n) is 10.6. The van der Waals surface area contributed by atoms with E-state index in [1.54, 1.807) is 13.1 Å². The molecule has 0 aromatic carbocycles. The lowest BCUT2D eigenvalue weighted by atomic mass is 10.4. The van der Waals surface area contributed by atoms with Gasteiger partial charge in [-0.1, -0.05) is 0 Å². The molecule has 0 bridgehead atoms. The van der Waals surface area contributed by atoms with Gasteiger partial charge in [0.1, 0.15) is 5.76 Å². The second-order valence-electron chi connectivity index (χ2n) is 3.93. The van der Waals surface area contributed by atoms with Gasteiger partial charge in [0.2, 0.25) is 5.09 Å². The lowest BCUT2D eigenvalue weighted by Crippen LogP contribution is -2.23. The van der Waals surface area contributed by atoms with Crippen molar-refractivity contribution < 1.29 is 12.8 Å². The van der Waals surface area contributed by atoms with Gasteiger partial charge in [0.05, 0.1) is 23.8 Å². The lowest BCUT2D eigenvalue weighted by molar-refractivity contribution is 0.404. The van der Waals surface area contributed by atoms with Gasteiger partial charge in [0, 0.05) is 5.38 Å².